The maximum Gasteiger partial charge on any atom is 0.119 e. The van der Waals surface area contributed by atoms with Crippen molar-refractivity contribution < 1.29 is 14.2 Å². The summed E-state index contributed by atoms with van der Waals surface area (Å²) in [6.45, 7) is 2.87. The number of thiocarbonyl (C=S) groups is 1. The third-order valence-electron chi connectivity index (χ3n) is 3.15. The highest BCUT2D eigenvalue weighted by atomic mass is 32.1. The van der Waals surface area contributed by atoms with Gasteiger partial charge in [0.2, 0.25) is 0 Å². The van der Waals surface area contributed by atoms with E-state index in [1.165, 1.54) is 0 Å². The molecule has 1 aromatic rings. The van der Waals surface area contributed by atoms with Crippen LogP contribution in [0.4, 0.5) is 0 Å². The number of rotatable bonds is 8. The number of benzene rings is 1. The van der Waals surface area contributed by atoms with Crippen molar-refractivity contribution in [3.63, 3.8) is 0 Å². The smallest absolute Gasteiger partial charge is 0.119 e. The summed E-state index contributed by atoms with van der Waals surface area (Å²) in [6, 6.07) is 7.52. The molecule has 1 aromatic carbocycles. The van der Waals surface area contributed by atoms with Gasteiger partial charge in [-0.3, -0.25) is 0 Å². The van der Waals surface area contributed by atoms with Crippen LogP contribution < -0.4 is 10.5 Å². The van der Waals surface area contributed by atoms with Crippen LogP contribution in [-0.2, 0) is 9.47 Å². The Morgan fingerprint density at radius 1 is 1.40 bits per heavy atom. The molecule has 110 valence electrons. The van der Waals surface area contributed by atoms with Crippen LogP contribution in [0.25, 0.3) is 0 Å². The van der Waals surface area contributed by atoms with Crippen LogP contribution in [0, 0.1) is 0 Å². The molecule has 1 heterocycles. The van der Waals surface area contributed by atoms with E-state index in [9.17, 15) is 0 Å². The molecular weight excluding hydrogens is 274 g/mol. The zero-order chi connectivity index (χ0) is 14.2. The molecule has 0 aliphatic carbocycles. The Morgan fingerprint density at radius 3 is 3.05 bits per heavy atom. The third kappa shape index (κ3) is 5.07. The molecule has 2 N–H and O–H groups in total. The summed E-state index contributed by atoms with van der Waals surface area (Å²) < 4.78 is 16.7. The monoisotopic (exact) mass is 295 g/mol. The minimum absolute atomic E-state index is 0.290. The van der Waals surface area contributed by atoms with E-state index in [4.69, 9.17) is 32.2 Å². The average Bonchev–Trinajstić information content (AvgIpc) is 2.96. The van der Waals surface area contributed by atoms with Crippen LogP contribution in [0.3, 0.4) is 0 Å². The van der Waals surface area contributed by atoms with E-state index in [2.05, 4.69) is 0 Å². The van der Waals surface area contributed by atoms with Gasteiger partial charge in [0.1, 0.15) is 10.7 Å². The molecule has 0 radical (unpaired) electrons. The molecule has 1 aliphatic rings. The van der Waals surface area contributed by atoms with Gasteiger partial charge in [-0.2, -0.15) is 0 Å². The van der Waals surface area contributed by atoms with Gasteiger partial charge in [0, 0.05) is 25.2 Å². The molecule has 4 nitrogen and oxygen atoms in total. The molecule has 5 heteroatoms. The summed E-state index contributed by atoms with van der Waals surface area (Å²) in [7, 11) is 0. The Balaban J connectivity index is 1.58. The van der Waals surface area contributed by atoms with Gasteiger partial charge in [0.25, 0.3) is 0 Å². The largest absolute Gasteiger partial charge is 0.493 e. The number of nitrogens with two attached hydrogens (primary N) is 1. The Bertz CT molecular complexity index is 433. The van der Waals surface area contributed by atoms with Crippen molar-refractivity contribution in [3.05, 3.63) is 29.8 Å². The van der Waals surface area contributed by atoms with Crippen LogP contribution in [0.15, 0.2) is 24.3 Å². The van der Waals surface area contributed by atoms with Crippen molar-refractivity contribution in [2.45, 2.75) is 25.4 Å². The fourth-order valence-corrected chi connectivity index (χ4v) is 2.21. The van der Waals surface area contributed by atoms with Gasteiger partial charge in [0.05, 0.1) is 19.3 Å². The van der Waals surface area contributed by atoms with E-state index in [0.29, 0.717) is 24.8 Å². The summed E-state index contributed by atoms with van der Waals surface area (Å²) in [6.07, 6.45) is 3.40. The van der Waals surface area contributed by atoms with Gasteiger partial charge in [0.15, 0.2) is 0 Å². The molecule has 0 aromatic heterocycles. The lowest BCUT2D eigenvalue weighted by atomic mass is 10.2. The highest BCUT2D eigenvalue weighted by molar-refractivity contribution is 7.80. The van der Waals surface area contributed by atoms with Gasteiger partial charge < -0.3 is 19.9 Å². The number of hydrogen-bond donors (Lipinski definition) is 1. The van der Waals surface area contributed by atoms with Crippen molar-refractivity contribution in [1.82, 2.24) is 0 Å². The molecule has 2 rings (SSSR count). The maximum atomic E-state index is 5.64. The van der Waals surface area contributed by atoms with E-state index >= 15 is 0 Å². The molecule has 0 spiro atoms. The van der Waals surface area contributed by atoms with Gasteiger partial charge >= 0.3 is 0 Å². The number of ether oxygens (including phenoxy) is 3. The summed E-state index contributed by atoms with van der Waals surface area (Å²) in [5.41, 5.74) is 6.41. The van der Waals surface area contributed by atoms with E-state index in [0.717, 1.165) is 37.2 Å². The Labute approximate surface area is 125 Å². The second kappa shape index (κ2) is 8.19. The molecule has 0 amide bonds. The predicted molar refractivity (Wildman–Crippen MR) is 82.2 cm³/mol. The molecule has 1 atom stereocenters. The van der Waals surface area contributed by atoms with E-state index in [-0.39, 0.29) is 6.10 Å². The highest BCUT2D eigenvalue weighted by Crippen LogP contribution is 2.14. The second-order valence-corrected chi connectivity index (χ2v) is 5.24. The molecular formula is C15H21NO3S. The first-order valence-corrected chi connectivity index (χ1v) is 7.38. The zero-order valence-corrected chi connectivity index (χ0v) is 12.4. The van der Waals surface area contributed by atoms with Crippen LogP contribution in [0.1, 0.15) is 24.8 Å². The molecule has 1 aliphatic heterocycles. The lowest BCUT2D eigenvalue weighted by Gasteiger charge is -2.11. The number of hydrogen-bond acceptors (Lipinski definition) is 4. The standard InChI is InChI=1S/C15H21NO3S/c16-15(20)12-4-1-5-13(10-12)18-9-3-7-17-11-14-6-2-8-19-14/h1,4-5,10,14H,2-3,6-9,11H2,(H2,16,20). The quantitative estimate of drug-likeness (QED) is 0.589. The van der Waals surface area contributed by atoms with Crippen LogP contribution in [0.5, 0.6) is 5.75 Å². The topological polar surface area (TPSA) is 53.7 Å². The van der Waals surface area contributed by atoms with Crippen molar-refractivity contribution in [3.8, 4) is 5.75 Å². The van der Waals surface area contributed by atoms with Crippen molar-refractivity contribution in [2.24, 2.45) is 5.73 Å². The molecule has 1 unspecified atom stereocenters. The highest BCUT2D eigenvalue weighted by Gasteiger charge is 2.14. The van der Waals surface area contributed by atoms with Gasteiger partial charge in [-0.15, -0.1) is 0 Å². The summed E-state index contributed by atoms with van der Waals surface area (Å²) in [5, 5.41) is 0. The lowest BCUT2D eigenvalue weighted by molar-refractivity contribution is 0.0141. The van der Waals surface area contributed by atoms with Crippen LogP contribution in [-0.4, -0.2) is 37.5 Å². The second-order valence-electron chi connectivity index (χ2n) is 4.80. The first-order chi connectivity index (χ1) is 9.75. The first-order valence-electron chi connectivity index (χ1n) is 6.98. The fourth-order valence-electron chi connectivity index (χ4n) is 2.08. The first kappa shape index (κ1) is 15.2. The van der Waals surface area contributed by atoms with Crippen molar-refractivity contribution in [2.75, 3.05) is 26.4 Å². The molecule has 1 fully saturated rings. The Morgan fingerprint density at radius 2 is 2.30 bits per heavy atom. The lowest BCUT2D eigenvalue weighted by Crippen LogP contribution is -2.15. The third-order valence-corrected chi connectivity index (χ3v) is 3.38. The molecule has 1 saturated heterocycles. The van der Waals surface area contributed by atoms with Gasteiger partial charge in [-0.05, 0) is 25.0 Å². The Hall–Kier alpha value is -1.17. The normalized spacial score (nSPS) is 18.1. The maximum absolute atomic E-state index is 5.64. The SMILES string of the molecule is NC(=S)c1cccc(OCCCOCC2CCCO2)c1. The van der Waals surface area contributed by atoms with Crippen molar-refractivity contribution >= 4 is 17.2 Å². The minimum atomic E-state index is 0.290. The minimum Gasteiger partial charge on any atom is -0.493 e. The predicted octanol–water partition coefficient (Wildman–Crippen LogP) is 2.29. The average molecular weight is 295 g/mol. The van der Waals surface area contributed by atoms with Crippen LogP contribution in [0.2, 0.25) is 0 Å². The molecule has 0 saturated carbocycles. The summed E-state index contributed by atoms with van der Waals surface area (Å²) >= 11 is 4.93. The molecule has 20 heavy (non-hydrogen) atoms. The van der Waals surface area contributed by atoms with E-state index in [1.807, 2.05) is 24.3 Å². The van der Waals surface area contributed by atoms with Crippen molar-refractivity contribution in [1.29, 1.82) is 0 Å². The van der Waals surface area contributed by atoms with Crippen LogP contribution >= 0.6 is 12.2 Å². The molecule has 0 bridgehead atoms. The zero-order valence-electron chi connectivity index (χ0n) is 11.5. The van der Waals surface area contributed by atoms with E-state index < -0.39 is 0 Å². The summed E-state index contributed by atoms with van der Waals surface area (Å²) in [4.78, 5) is 0.385. The Kier molecular flexibility index (Phi) is 6.24. The van der Waals surface area contributed by atoms with E-state index in [1.54, 1.807) is 0 Å². The summed E-state index contributed by atoms with van der Waals surface area (Å²) in [5.74, 6) is 0.787. The van der Waals surface area contributed by atoms with Gasteiger partial charge in [-0.1, -0.05) is 24.4 Å². The van der Waals surface area contributed by atoms with Gasteiger partial charge in [-0.25, -0.2) is 0 Å². The fraction of sp³-hybridized carbons (Fsp3) is 0.533.